The fraction of sp³-hybridized carbons (Fsp3) is 0.111. The number of benzene rings is 2. The minimum Gasteiger partial charge on any atom is -0.497 e. The van der Waals surface area contributed by atoms with Crippen LogP contribution >= 0.6 is 11.8 Å². The van der Waals surface area contributed by atoms with Gasteiger partial charge >= 0.3 is 0 Å². The largest absolute Gasteiger partial charge is 0.497 e. The molecule has 0 atom stereocenters. The molecular formula is C18H15N3O5S. The molecule has 0 aliphatic carbocycles. The first-order valence-electron chi connectivity index (χ1n) is 7.76. The number of aliphatic imine (C=N–C) groups is 1. The molecule has 9 heteroatoms. The molecule has 2 aromatic rings. The summed E-state index contributed by atoms with van der Waals surface area (Å²) in [5.74, 6) is 0.867. The maximum atomic E-state index is 12.2. The van der Waals surface area contributed by atoms with Gasteiger partial charge < -0.3 is 14.8 Å². The molecule has 2 aromatic carbocycles. The monoisotopic (exact) mass is 385 g/mol. The first-order chi connectivity index (χ1) is 13.0. The Labute approximate surface area is 159 Å². The summed E-state index contributed by atoms with van der Waals surface area (Å²) >= 11 is 1.18. The van der Waals surface area contributed by atoms with Crippen LogP contribution in [-0.2, 0) is 4.79 Å². The SMILES string of the molecule is COc1ccc(N=C2NC(=O)C(=Cc3ccc([N+](=O)[O-])cc3)S2)c(OC)c1. The number of amidine groups is 1. The third-order valence-electron chi connectivity index (χ3n) is 3.66. The molecule has 0 spiro atoms. The number of carbonyl (C=O) groups is 1. The van der Waals surface area contributed by atoms with E-state index in [1.54, 1.807) is 43.5 Å². The van der Waals surface area contributed by atoms with Crippen molar-refractivity contribution in [1.29, 1.82) is 0 Å². The van der Waals surface area contributed by atoms with Gasteiger partial charge in [-0.1, -0.05) is 0 Å². The van der Waals surface area contributed by atoms with Crippen molar-refractivity contribution in [3.63, 3.8) is 0 Å². The van der Waals surface area contributed by atoms with Crippen molar-refractivity contribution in [3.8, 4) is 11.5 Å². The molecule has 3 rings (SSSR count). The maximum Gasteiger partial charge on any atom is 0.269 e. The molecule has 0 unspecified atom stereocenters. The second-order valence-corrected chi connectivity index (χ2v) is 6.40. The molecule has 0 radical (unpaired) electrons. The molecule has 1 saturated heterocycles. The second-order valence-electron chi connectivity index (χ2n) is 5.37. The summed E-state index contributed by atoms with van der Waals surface area (Å²) in [6.45, 7) is 0. The van der Waals surface area contributed by atoms with Crippen LogP contribution in [0.4, 0.5) is 11.4 Å². The summed E-state index contributed by atoms with van der Waals surface area (Å²) in [6.07, 6.45) is 1.65. The number of thioether (sulfide) groups is 1. The van der Waals surface area contributed by atoms with Crippen LogP contribution in [0.1, 0.15) is 5.56 Å². The lowest BCUT2D eigenvalue weighted by Gasteiger charge is -2.07. The van der Waals surface area contributed by atoms with Crippen molar-refractivity contribution in [3.05, 3.63) is 63.0 Å². The first-order valence-corrected chi connectivity index (χ1v) is 8.58. The van der Waals surface area contributed by atoms with E-state index < -0.39 is 4.92 Å². The van der Waals surface area contributed by atoms with E-state index in [1.165, 1.54) is 31.0 Å². The van der Waals surface area contributed by atoms with Crippen molar-refractivity contribution in [2.45, 2.75) is 0 Å². The molecule has 0 saturated carbocycles. The molecule has 1 aliphatic rings. The number of nitro groups is 1. The van der Waals surface area contributed by atoms with Gasteiger partial charge in [-0.2, -0.15) is 0 Å². The lowest BCUT2D eigenvalue weighted by Crippen LogP contribution is -2.19. The predicted octanol–water partition coefficient (Wildman–Crippen LogP) is 3.50. The Morgan fingerprint density at radius 2 is 1.89 bits per heavy atom. The van der Waals surface area contributed by atoms with E-state index in [9.17, 15) is 14.9 Å². The van der Waals surface area contributed by atoms with E-state index in [4.69, 9.17) is 9.47 Å². The summed E-state index contributed by atoms with van der Waals surface area (Å²) in [4.78, 5) is 27.3. The molecule has 27 heavy (non-hydrogen) atoms. The van der Waals surface area contributed by atoms with E-state index in [2.05, 4.69) is 10.3 Å². The summed E-state index contributed by atoms with van der Waals surface area (Å²) in [7, 11) is 3.08. The van der Waals surface area contributed by atoms with Crippen LogP contribution in [0.5, 0.6) is 11.5 Å². The number of non-ortho nitro benzene ring substituents is 1. The van der Waals surface area contributed by atoms with E-state index in [0.29, 0.717) is 32.8 Å². The minimum atomic E-state index is -0.471. The molecule has 0 aromatic heterocycles. The van der Waals surface area contributed by atoms with Crippen molar-refractivity contribution in [2.75, 3.05) is 14.2 Å². The Morgan fingerprint density at radius 1 is 1.15 bits per heavy atom. The van der Waals surface area contributed by atoms with Crippen LogP contribution in [0.25, 0.3) is 6.08 Å². The van der Waals surface area contributed by atoms with Gasteiger partial charge in [-0.05, 0) is 47.7 Å². The first kappa shape index (κ1) is 18.5. The summed E-state index contributed by atoms with van der Waals surface area (Å²) < 4.78 is 10.4. The number of nitro benzene ring substituents is 1. The Morgan fingerprint density at radius 3 is 2.52 bits per heavy atom. The summed E-state index contributed by atoms with van der Waals surface area (Å²) in [5, 5.41) is 13.8. The second kappa shape index (κ2) is 7.92. The van der Waals surface area contributed by atoms with E-state index in [-0.39, 0.29) is 11.6 Å². The quantitative estimate of drug-likeness (QED) is 0.480. The average Bonchev–Trinajstić information content (AvgIpc) is 3.01. The van der Waals surface area contributed by atoms with Gasteiger partial charge in [0.05, 0.1) is 24.0 Å². The van der Waals surface area contributed by atoms with Gasteiger partial charge in [-0.15, -0.1) is 0 Å². The number of amides is 1. The highest BCUT2D eigenvalue weighted by molar-refractivity contribution is 8.18. The number of hydrogen-bond acceptors (Lipinski definition) is 7. The molecule has 0 bridgehead atoms. The van der Waals surface area contributed by atoms with E-state index in [0.717, 1.165) is 0 Å². The van der Waals surface area contributed by atoms with Gasteiger partial charge in [0.1, 0.15) is 17.2 Å². The van der Waals surface area contributed by atoms with E-state index in [1.807, 2.05) is 0 Å². The van der Waals surface area contributed by atoms with Crippen molar-refractivity contribution in [2.24, 2.45) is 4.99 Å². The maximum absolute atomic E-state index is 12.2. The fourth-order valence-corrected chi connectivity index (χ4v) is 3.15. The number of nitrogens with zero attached hydrogens (tertiary/aromatic N) is 2. The standard InChI is InChI=1S/C18H15N3O5S/c1-25-13-7-8-14(15(10-13)26-2)19-18-20-17(22)16(27-18)9-11-3-5-12(6-4-11)21(23)24/h3-10H,1-2H3,(H,19,20,22). The molecular weight excluding hydrogens is 370 g/mol. The topological polar surface area (TPSA) is 103 Å². The van der Waals surface area contributed by atoms with Crippen LogP contribution in [-0.4, -0.2) is 30.2 Å². The van der Waals surface area contributed by atoms with Gasteiger partial charge in [-0.3, -0.25) is 14.9 Å². The van der Waals surface area contributed by atoms with Crippen molar-refractivity contribution in [1.82, 2.24) is 5.32 Å². The van der Waals surface area contributed by atoms with Crippen LogP contribution in [0.3, 0.4) is 0 Å². The molecule has 8 nitrogen and oxygen atoms in total. The van der Waals surface area contributed by atoms with Gasteiger partial charge in [0.15, 0.2) is 5.17 Å². The smallest absolute Gasteiger partial charge is 0.269 e. The van der Waals surface area contributed by atoms with E-state index >= 15 is 0 Å². The van der Waals surface area contributed by atoms with Crippen LogP contribution in [0, 0.1) is 10.1 Å². The molecule has 1 aliphatic heterocycles. The highest BCUT2D eigenvalue weighted by Gasteiger charge is 2.24. The van der Waals surface area contributed by atoms with Gasteiger partial charge in [-0.25, -0.2) is 4.99 Å². The van der Waals surface area contributed by atoms with Gasteiger partial charge in [0, 0.05) is 18.2 Å². The molecule has 138 valence electrons. The average molecular weight is 385 g/mol. The highest BCUT2D eigenvalue weighted by Crippen LogP contribution is 2.34. The number of hydrogen-bond donors (Lipinski definition) is 1. The normalized spacial score (nSPS) is 16.4. The van der Waals surface area contributed by atoms with Crippen molar-refractivity contribution < 1.29 is 19.2 Å². The number of nitrogens with one attached hydrogen (secondary N) is 1. The molecule has 1 N–H and O–H groups in total. The zero-order chi connectivity index (χ0) is 19.4. The lowest BCUT2D eigenvalue weighted by molar-refractivity contribution is -0.384. The van der Waals surface area contributed by atoms with Gasteiger partial charge in [0.25, 0.3) is 11.6 Å². The molecule has 1 heterocycles. The van der Waals surface area contributed by atoms with Crippen molar-refractivity contribution >= 4 is 40.3 Å². The predicted molar refractivity (Wildman–Crippen MR) is 103 cm³/mol. The zero-order valence-corrected chi connectivity index (χ0v) is 15.3. The Kier molecular flexibility index (Phi) is 5.41. The molecule has 1 fully saturated rings. The Bertz CT molecular complexity index is 954. The van der Waals surface area contributed by atoms with Crippen LogP contribution in [0.2, 0.25) is 0 Å². The van der Waals surface area contributed by atoms with Crippen LogP contribution in [0.15, 0.2) is 52.4 Å². The Hall–Kier alpha value is -3.33. The number of methoxy groups -OCH3 is 2. The lowest BCUT2D eigenvalue weighted by atomic mass is 10.2. The number of carbonyl (C=O) groups excluding carboxylic acids is 1. The Balaban J connectivity index is 1.82. The number of rotatable bonds is 5. The van der Waals surface area contributed by atoms with Gasteiger partial charge in [0.2, 0.25) is 0 Å². The highest BCUT2D eigenvalue weighted by atomic mass is 32.2. The third-order valence-corrected chi connectivity index (χ3v) is 4.57. The van der Waals surface area contributed by atoms with Crippen LogP contribution < -0.4 is 14.8 Å². The summed E-state index contributed by atoms with van der Waals surface area (Å²) in [6, 6.07) is 11.1. The zero-order valence-electron chi connectivity index (χ0n) is 14.5. The summed E-state index contributed by atoms with van der Waals surface area (Å²) in [5.41, 5.74) is 1.23. The third kappa shape index (κ3) is 4.26. The minimum absolute atomic E-state index is 0.00507. The fourth-order valence-electron chi connectivity index (χ4n) is 2.31. The number of ether oxygens (including phenoxy) is 2. The molecule has 1 amide bonds.